The van der Waals surface area contributed by atoms with Gasteiger partial charge in [-0.1, -0.05) is 12.1 Å². The van der Waals surface area contributed by atoms with Crippen LogP contribution in [0.25, 0.3) is 0 Å². The first kappa shape index (κ1) is 24.2. The van der Waals surface area contributed by atoms with E-state index in [1.54, 1.807) is 50.0 Å². The van der Waals surface area contributed by atoms with Crippen LogP contribution in [0.15, 0.2) is 42.9 Å². The monoisotopic (exact) mass is 454 g/mol. The molecule has 0 saturated carbocycles. The van der Waals surface area contributed by atoms with Crippen LogP contribution >= 0.6 is 0 Å². The highest BCUT2D eigenvalue weighted by molar-refractivity contribution is 5.84. The second-order valence-electron chi connectivity index (χ2n) is 8.24. The van der Waals surface area contributed by atoms with Gasteiger partial charge in [-0.2, -0.15) is 0 Å². The summed E-state index contributed by atoms with van der Waals surface area (Å²) in [5.74, 6) is -0.447. The van der Waals surface area contributed by atoms with Crippen LogP contribution in [0, 0.1) is 5.92 Å². The number of aromatic nitrogens is 2. The van der Waals surface area contributed by atoms with Gasteiger partial charge < -0.3 is 20.1 Å². The molecule has 9 nitrogen and oxygen atoms in total. The van der Waals surface area contributed by atoms with Crippen LogP contribution in [0.1, 0.15) is 36.9 Å². The molecule has 33 heavy (non-hydrogen) atoms. The number of methoxy groups -OCH3 is 1. The summed E-state index contributed by atoms with van der Waals surface area (Å²) in [6.45, 7) is 1.21. The first-order valence-corrected chi connectivity index (χ1v) is 11.1. The molecule has 0 unspecified atom stereocenters. The van der Waals surface area contributed by atoms with Crippen LogP contribution in [0.5, 0.6) is 5.75 Å². The Labute approximate surface area is 193 Å². The molecule has 0 bridgehead atoms. The minimum atomic E-state index is -1.07. The Morgan fingerprint density at radius 1 is 1.18 bits per heavy atom. The number of hydrogen-bond acceptors (Lipinski definition) is 6. The highest BCUT2D eigenvalue weighted by Gasteiger charge is 2.26. The number of benzene rings is 1. The standard InChI is InChI=1S/C24H30N4O5/c1-33-20-5-2-17(3-6-20)14-21(24(31)32)27-22(29)15-18-8-12-28(13-9-18)23(30)7-4-19-16-25-10-11-26-19/h2-3,5-6,10-11,16,18,21H,4,7-9,12-15H2,1H3,(H,27,29)(H,31,32)/t21-/m0/s1. The quantitative estimate of drug-likeness (QED) is 0.562. The van der Waals surface area contributed by atoms with E-state index in [2.05, 4.69) is 15.3 Å². The average molecular weight is 455 g/mol. The van der Waals surface area contributed by atoms with Crippen molar-refractivity contribution < 1.29 is 24.2 Å². The number of carbonyl (C=O) groups excluding carboxylic acids is 2. The zero-order chi connectivity index (χ0) is 23.6. The number of aryl methyl sites for hydroxylation is 1. The summed E-state index contributed by atoms with van der Waals surface area (Å²) in [6.07, 6.45) is 7.72. The molecule has 1 aliphatic rings. The lowest BCUT2D eigenvalue weighted by Crippen LogP contribution is -2.44. The normalized spacial score (nSPS) is 15.0. The number of hydrogen-bond donors (Lipinski definition) is 2. The number of carboxylic acids is 1. The molecule has 0 spiro atoms. The van der Waals surface area contributed by atoms with Crippen molar-refractivity contribution in [3.8, 4) is 5.75 Å². The van der Waals surface area contributed by atoms with Crippen molar-refractivity contribution in [2.75, 3.05) is 20.2 Å². The second kappa shape index (κ2) is 11.9. The topological polar surface area (TPSA) is 122 Å². The van der Waals surface area contributed by atoms with Crippen LogP contribution in [0.2, 0.25) is 0 Å². The number of amides is 2. The predicted molar refractivity (Wildman–Crippen MR) is 121 cm³/mol. The van der Waals surface area contributed by atoms with Crippen molar-refractivity contribution in [1.82, 2.24) is 20.2 Å². The highest BCUT2D eigenvalue weighted by atomic mass is 16.5. The minimum absolute atomic E-state index is 0.0778. The molecule has 1 saturated heterocycles. The van der Waals surface area contributed by atoms with E-state index in [0.29, 0.717) is 31.7 Å². The van der Waals surface area contributed by atoms with Gasteiger partial charge >= 0.3 is 5.97 Å². The zero-order valence-corrected chi connectivity index (χ0v) is 18.8. The molecule has 2 amide bonds. The van der Waals surface area contributed by atoms with Crippen molar-refractivity contribution in [2.45, 2.75) is 44.6 Å². The Morgan fingerprint density at radius 2 is 1.91 bits per heavy atom. The fourth-order valence-electron chi connectivity index (χ4n) is 3.95. The fourth-order valence-corrected chi connectivity index (χ4v) is 3.95. The Kier molecular flexibility index (Phi) is 8.74. The van der Waals surface area contributed by atoms with Gasteiger partial charge in [-0.05, 0) is 42.9 Å². The van der Waals surface area contributed by atoms with Crippen molar-refractivity contribution in [2.24, 2.45) is 5.92 Å². The van der Waals surface area contributed by atoms with Gasteiger partial charge in [0.15, 0.2) is 0 Å². The smallest absolute Gasteiger partial charge is 0.326 e. The number of carboxylic acid groups (broad SMARTS) is 1. The first-order valence-electron chi connectivity index (χ1n) is 11.1. The SMILES string of the molecule is COc1ccc(C[C@H](NC(=O)CC2CCN(C(=O)CCc3cnccn3)CC2)C(=O)O)cc1. The van der Waals surface area contributed by atoms with E-state index in [9.17, 15) is 19.5 Å². The summed E-state index contributed by atoms with van der Waals surface area (Å²) in [4.78, 5) is 46.6. The van der Waals surface area contributed by atoms with Gasteiger partial charge in [0.1, 0.15) is 11.8 Å². The van der Waals surface area contributed by atoms with Gasteiger partial charge in [-0.15, -0.1) is 0 Å². The van der Waals surface area contributed by atoms with Gasteiger partial charge in [0.05, 0.1) is 12.8 Å². The van der Waals surface area contributed by atoms with Crippen molar-refractivity contribution >= 4 is 17.8 Å². The summed E-state index contributed by atoms with van der Waals surface area (Å²) in [5.41, 5.74) is 1.59. The van der Waals surface area contributed by atoms with Gasteiger partial charge in [0, 0.05) is 50.9 Å². The lowest BCUT2D eigenvalue weighted by molar-refractivity contribution is -0.142. The van der Waals surface area contributed by atoms with Crippen molar-refractivity contribution in [3.05, 3.63) is 54.1 Å². The number of nitrogens with one attached hydrogen (secondary N) is 1. The molecule has 2 heterocycles. The van der Waals surface area contributed by atoms with E-state index >= 15 is 0 Å². The van der Waals surface area contributed by atoms with Crippen molar-refractivity contribution in [3.63, 3.8) is 0 Å². The van der Waals surface area contributed by atoms with Gasteiger partial charge in [0.25, 0.3) is 0 Å². The number of piperidine rings is 1. The van der Waals surface area contributed by atoms with E-state index < -0.39 is 12.0 Å². The lowest BCUT2D eigenvalue weighted by atomic mass is 9.92. The molecule has 1 aromatic carbocycles. The maximum Gasteiger partial charge on any atom is 0.326 e. The average Bonchev–Trinajstić information content (AvgIpc) is 2.83. The molecule has 1 atom stereocenters. The van der Waals surface area contributed by atoms with Crippen LogP contribution in [0.3, 0.4) is 0 Å². The summed E-state index contributed by atoms with van der Waals surface area (Å²) in [5, 5.41) is 12.2. The van der Waals surface area contributed by atoms with E-state index in [1.165, 1.54) is 0 Å². The third-order valence-electron chi connectivity index (χ3n) is 5.89. The van der Waals surface area contributed by atoms with E-state index in [4.69, 9.17) is 4.74 Å². The third-order valence-corrected chi connectivity index (χ3v) is 5.89. The first-order chi connectivity index (χ1) is 15.9. The Bertz CT molecular complexity index is 928. The predicted octanol–water partition coefficient (Wildman–Crippen LogP) is 1.86. The number of ether oxygens (including phenoxy) is 1. The van der Waals surface area contributed by atoms with Crippen LogP contribution in [-0.4, -0.2) is 64.0 Å². The van der Waals surface area contributed by atoms with Gasteiger partial charge in [0.2, 0.25) is 11.8 Å². The van der Waals surface area contributed by atoms with Gasteiger partial charge in [-0.3, -0.25) is 19.6 Å². The maximum atomic E-state index is 12.5. The molecule has 176 valence electrons. The van der Waals surface area contributed by atoms with Crippen molar-refractivity contribution in [1.29, 1.82) is 0 Å². The van der Waals surface area contributed by atoms with E-state index in [1.807, 2.05) is 4.90 Å². The Balaban J connectivity index is 1.41. The Hall–Kier alpha value is -3.49. The number of carbonyl (C=O) groups is 3. The molecule has 3 rings (SSSR count). The molecular formula is C24H30N4O5. The number of likely N-dealkylation sites (tertiary alicyclic amines) is 1. The van der Waals surface area contributed by atoms with E-state index in [0.717, 1.165) is 24.1 Å². The van der Waals surface area contributed by atoms with Crippen LogP contribution in [0.4, 0.5) is 0 Å². The molecule has 0 radical (unpaired) electrons. The second-order valence-corrected chi connectivity index (χ2v) is 8.24. The molecule has 0 aliphatic carbocycles. The molecule has 9 heteroatoms. The number of aliphatic carboxylic acids is 1. The minimum Gasteiger partial charge on any atom is -0.497 e. The lowest BCUT2D eigenvalue weighted by Gasteiger charge is -2.32. The zero-order valence-electron chi connectivity index (χ0n) is 18.8. The molecule has 1 fully saturated rings. The molecule has 2 aromatic rings. The molecular weight excluding hydrogens is 424 g/mol. The number of rotatable bonds is 10. The molecule has 1 aromatic heterocycles. The summed E-state index contributed by atoms with van der Waals surface area (Å²) < 4.78 is 5.11. The maximum absolute atomic E-state index is 12.5. The fraction of sp³-hybridized carbons (Fsp3) is 0.458. The van der Waals surface area contributed by atoms with E-state index in [-0.39, 0.29) is 30.6 Å². The molecule has 1 aliphatic heterocycles. The number of nitrogens with zero attached hydrogens (tertiary/aromatic N) is 3. The summed E-state index contributed by atoms with van der Waals surface area (Å²) in [6, 6.07) is 6.11. The third kappa shape index (κ3) is 7.55. The van der Waals surface area contributed by atoms with Crippen LogP contribution in [-0.2, 0) is 27.2 Å². The summed E-state index contributed by atoms with van der Waals surface area (Å²) >= 11 is 0. The largest absolute Gasteiger partial charge is 0.497 e. The Morgan fingerprint density at radius 3 is 2.52 bits per heavy atom. The highest BCUT2D eigenvalue weighted by Crippen LogP contribution is 2.21. The molecule has 2 N–H and O–H groups in total. The van der Waals surface area contributed by atoms with Gasteiger partial charge in [-0.25, -0.2) is 4.79 Å². The van der Waals surface area contributed by atoms with Crippen LogP contribution < -0.4 is 10.1 Å². The summed E-state index contributed by atoms with van der Waals surface area (Å²) in [7, 11) is 1.57.